The SMILES string of the molecule is COC(=O)C1[C@H]2CN(S(=O)(=O)c3c(C)nn(C)c3F)C[C@H]12. The Labute approximate surface area is 121 Å². The summed E-state index contributed by atoms with van der Waals surface area (Å²) in [4.78, 5) is 11.1. The summed E-state index contributed by atoms with van der Waals surface area (Å²) in [5.74, 6) is -1.43. The van der Waals surface area contributed by atoms with Crippen molar-refractivity contribution in [3.8, 4) is 0 Å². The second-order valence-corrected chi connectivity index (χ2v) is 7.40. The van der Waals surface area contributed by atoms with E-state index in [1.807, 2.05) is 0 Å². The normalized spacial score (nSPS) is 28.5. The number of hydrogen-bond donors (Lipinski definition) is 0. The minimum atomic E-state index is -3.91. The molecule has 0 spiro atoms. The largest absolute Gasteiger partial charge is 0.469 e. The van der Waals surface area contributed by atoms with E-state index >= 15 is 0 Å². The van der Waals surface area contributed by atoms with Crippen LogP contribution in [0.5, 0.6) is 0 Å². The van der Waals surface area contributed by atoms with Crippen molar-refractivity contribution in [3.63, 3.8) is 0 Å². The van der Waals surface area contributed by atoms with Crippen LogP contribution in [0.15, 0.2) is 4.90 Å². The van der Waals surface area contributed by atoms with Gasteiger partial charge in [-0.25, -0.2) is 13.1 Å². The van der Waals surface area contributed by atoms with E-state index in [1.165, 1.54) is 25.4 Å². The first-order valence-corrected chi connectivity index (χ1v) is 8.00. The molecule has 0 aromatic carbocycles. The van der Waals surface area contributed by atoms with Crippen LogP contribution in [0.2, 0.25) is 0 Å². The molecular weight excluding hydrogens is 301 g/mol. The molecule has 3 rings (SSSR count). The second kappa shape index (κ2) is 4.51. The molecule has 0 unspecified atom stereocenters. The number of fused-ring (bicyclic) bond motifs is 1. The van der Waals surface area contributed by atoms with Crippen molar-refractivity contribution in [2.24, 2.45) is 24.8 Å². The molecule has 1 aromatic rings. The monoisotopic (exact) mass is 317 g/mol. The number of aromatic nitrogens is 2. The van der Waals surface area contributed by atoms with Gasteiger partial charge in [0.15, 0.2) is 4.90 Å². The van der Waals surface area contributed by atoms with Crippen molar-refractivity contribution in [2.45, 2.75) is 11.8 Å². The second-order valence-electron chi connectivity index (χ2n) is 5.53. The van der Waals surface area contributed by atoms with Gasteiger partial charge in [0.2, 0.25) is 16.0 Å². The highest BCUT2D eigenvalue weighted by atomic mass is 32.2. The van der Waals surface area contributed by atoms with Crippen LogP contribution in [0.4, 0.5) is 4.39 Å². The van der Waals surface area contributed by atoms with E-state index in [4.69, 9.17) is 0 Å². The first kappa shape index (κ1) is 14.5. The number of halogens is 1. The number of sulfonamides is 1. The van der Waals surface area contributed by atoms with Crippen LogP contribution >= 0.6 is 0 Å². The molecule has 21 heavy (non-hydrogen) atoms. The maximum absolute atomic E-state index is 14.0. The average molecular weight is 317 g/mol. The van der Waals surface area contributed by atoms with E-state index in [2.05, 4.69) is 9.84 Å². The Morgan fingerprint density at radius 2 is 1.95 bits per heavy atom. The van der Waals surface area contributed by atoms with Gasteiger partial charge >= 0.3 is 5.97 Å². The van der Waals surface area contributed by atoms with Gasteiger partial charge in [-0.05, 0) is 18.8 Å². The van der Waals surface area contributed by atoms with Gasteiger partial charge in [0.05, 0.1) is 18.7 Å². The Kier molecular flexibility index (Phi) is 3.10. The number of carbonyl (C=O) groups excluding carboxylic acids is 1. The molecule has 2 heterocycles. The quantitative estimate of drug-likeness (QED) is 0.728. The number of hydrogen-bond acceptors (Lipinski definition) is 5. The number of methoxy groups -OCH3 is 1. The van der Waals surface area contributed by atoms with Crippen molar-refractivity contribution >= 4 is 16.0 Å². The van der Waals surface area contributed by atoms with Crippen molar-refractivity contribution in [1.82, 2.24) is 14.1 Å². The van der Waals surface area contributed by atoms with E-state index < -0.39 is 16.0 Å². The van der Waals surface area contributed by atoms with Crippen molar-refractivity contribution in [1.29, 1.82) is 0 Å². The molecule has 0 bridgehead atoms. The number of esters is 1. The minimum absolute atomic E-state index is 0.0211. The number of ether oxygens (including phenoxy) is 1. The zero-order chi connectivity index (χ0) is 15.5. The fourth-order valence-corrected chi connectivity index (χ4v) is 4.96. The lowest BCUT2D eigenvalue weighted by molar-refractivity contribution is -0.143. The highest BCUT2D eigenvalue weighted by molar-refractivity contribution is 7.89. The van der Waals surface area contributed by atoms with Gasteiger partial charge in [-0.15, -0.1) is 0 Å². The first-order chi connectivity index (χ1) is 9.78. The van der Waals surface area contributed by atoms with Crippen molar-refractivity contribution in [3.05, 3.63) is 11.6 Å². The number of nitrogens with zero attached hydrogens (tertiary/aromatic N) is 3. The molecule has 0 radical (unpaired) electrons. The Bertz CT molecular complexity index is 702. The predicted molar refractivity (Wildman–Crippen MR) is 69.1 cm³/mol. The third kappa shape index (κ3) is 1.98. The fourth-order valence-electron chi connectivity index (χ4n) is 3.20. The van der Waals surface area contributed by atoms with Crippen LogP contribution in [0.25, 0.3) is 0 Å². The van der Waals surface area contributed by atoms with Crippen LogP contribution in [0.3, 0.4) is 0 Å². The maximum atomic E-state index is 14.0. The summed E-state index contributed by atoms with van der Waals surface area (Å²) in [5.41, 5.74) is 0.139. The number of aryl methyl sites for hydroxylation is 2. The zero-order valence-electron chi connectivity index (χ0n) is 11.9. The van der Waals surface area contributed by atoms with E-state index in [9.17, 15) is 17.6 Å². The Morgan fingerprint density at radius 3 is 2.38 bits per heavy atom. The first-order valence-electron chi connectivity index (χ1n) is 6.56. The lowest BCUT2D eigenvalue weighted by Crippen LogP contribution is -2.33. The predicted octanol–water partition coefficient (Wildman–Crippen LogP) is -0.0929. The molecule has 1 aliphatic heterocycles. The summed E-state index contributed by atoms with van der Waals surface area (Å²) in [6, 6.07) is 0. The third-order valence-electron chi connectivity index (χ3n) is 4.33. The molecule has 1 aliphatic carbocycles. The zero-order valence-corrected chi connectivity index (χ0v) is 12.7. The number of piperidine rings is 1. The van der Waals surface area contributed by atoms with Gasteiger partial charge in [-0.3, -0.25) is 4.79 Å². The molecule has 1 aromatic heterocycles. The smallest absolute Gasteiger partial charge is 0.309 e. The standard InChI is InChI=1S/C12H16FN3O4S/c1-6-10(11(13)15(2)14-6)21(18,19)16-4-7-8(5-16)9(7)12(17)20-3/h7-9H,4-5H2,1-3H3/t7-,8-/m0/s1. The fraction of sp³-hybridized carbons (Fsp3) is 0.667. The molecule has 0 N–H and O–H groups in total. The lowest BCUT2D eigenvalue weighted by Gasteiger charge is -2.18. The molecule has 2 aliphatic rings. The van der Waals surface area contributed by atoms with E-state index in [0.29, 0.717) is 0 Å². The molecule has 0 amide bonds. The third-order valence-corrected chi connectivity index (χ3v) is 6.29. The Hall–Kier alpha value is -1.48. The van der Waals surface area contributed by atoms with Crippen LogP contribution in [-0.2, 0) is 26.6 Å². The van der Waals surface area contributed by atoms with Crippen molar-refractivity contribution in [2.75, 3.05) is 20.2 Å². The highest BCUT2D eigenvalue weighted by Crippen LogP contribution is 2.53. The average Bonchev–Trinajstić information content (AvgIpc) is 2.76. The summed E-state index contributed by atoms with van der Waals surface area (Å²) in [6.07, 6.45) is 0. The van der Waals surface area contributed by atoms with Crippen LogP contribution in [-0.4, -0.2) is 48.7 Å². The molecule has 1 saturated heterocycles. The van der Waals surface area contributed by atoms with Gasteiger partial charge < -0.3 is 4.74 Å². The number of rotatable bonds is 3. The summed E-state index contributed by atoms with van der Waals surface area (Å²) in [5, 5.41) is 3.80. The van der Waals surface area contributed by atoms with Gasteiger partial charge in [-0.1, -0.05) is 0 Å². The molecule has 116 valence electrons. The minimum Gasteiger partial charge on any atom is -0.469 e. The summed E-state index contributed by atoms with van der Waals surface area (Å²) in [7, 11) is -1.24. The topological polar surface area (TPSA) is 81.5 Å². The Balaban J connectivity index is 1.82. The Morgan fingerprint density at radius 1 is 1.38 bits per heavy atom. The van der Waals surface area contributed by atoms with Crippen LogP contribution in [0, 0.1) is 30.6 Å². The van der Waals surface area contributed by atoms with Crippen LogP contribution in [0.1, 0.15) is 5.69 Å². The summed E-state index contributed by atoms with van der Waals surface area (Å²) >= 11 is 0. The van der Waals surface area contributed by atoms with Crippen molar-refractivity contribution < 1.29 is 22.3 Å². The number of carbonyl (C=O) groups is 1. The molecule has 2 atom stereocenters. The van der Waals surface area contributed by atoms with E-state index in [1.54, 1.807) is 0 Å². The molecule has 7 nitrogen and oxygen atoms in total. The lowest BCUT2D eigenvalue weighted by atomic mass is 10.3. The summed E-state index contributed by atoms with van der Waals surface area (Å²) in [6.45, 7) is 1.91. The van der Waals surface area contributed by atoms with Gasteiger partial charge in [0.1, 0.15) is 0 Å². The molecule has 9 heteroatoms. The molecule has 1 saturated carbocycles. The van der Waals surface area contributed by atoms with E-state index in [-0.39, 0.29) is 47.4 Å². The molecular formula is C12H16FN3O4S. The van der Waals surface area contributed by atoms with Crippen LogP contribution < -0.4 is 0 Å². The van der Waals surface area contributed by atoms with Gasteiger partial charge in [0, 0.05) is 20.1 Å². The summed E-state index contributed by atoms with van der Waals surface area (Å²) < 4.78 is 45.8. The maximum Gasteiger partial charge on any atom is 0.309 e. The van der Waals surface area contributed by atoms with E-state index in [0.717, 1.165) is 4.68 Å². The highest BCUT2D eigenvalue weighted by Gasteiger charge is 2.62. The van der Waals surface area contributed by atoms with Gasteiger partial charge in [-0.2, -0.15) is 13.8 Å². The molecule has 2 fully saturated rings. The van der Waals surface area contributed by atoms with Gasteiger partial charge in [0.25, 0.3) is 0 Å².